The lowest BCUT2D eigenvalue weighted by Gasteiger charge is -2.03. The van der Waals surface area contributed by atoms with Crippen LogP contribution in [0.15, 0.2) is 39.7 Å². The zero-order chi connectivity index (χ0) is 17.4. The van der Waals surface area contributed by atoms with Crippen molar-refractivity contribution in [1.29, 1.82) is 0 Å². The second-order valence-corrected chi connectivity index (χ2v) is 6.88. The number of benzene rings is 1. The van der Waals surface area contributed by atoms with E-state index in [2.05, 4.69) is 0 Å². The van der Waals surface area contributed by atoms with Crippen LogP contribution in [-0.4, -0.2) is 27.1 Å². The SMILES string of the molecule is Cc1cc(-c2ccc(/C=C3/SC(=S)N(C)C3=O)o2)ccc1[N+](=O)[O-]. The summed E-state index contributed by atoms with van der Waals surface area (Å²) >= 11 is 6.31. The van der Waals surface area contributed by atoms with E-state index in [1.54, 1.807) is 44.3 Å². The van der Waals surface area contributed by atoms with Crippen LogP contribution in [0.25, 0.3) is 17.4 Å². The number of nitro groups is 1. The van der Waals surface area contributed by atoms with Crippen LogP contribution in [0.1, 0.15) is 11.3 Å². The van der Waals surface area contributed by atoms with Crippen molar-refractivity contribution in [3.8, 4) is 11.3 Å². The van der Waals surface area contributed by atoms with Gasteiger partial charge in [-0.3, -0.25) is 19.8 Å². The van der Waals surface area contributed by atoms with E-state index in [9.17, 15) is 14.9 Å². The number of nitro benzene ring substituents is 1. The first-order chi connectivity index (χ1) is 11.4. The maximum Gasteiger partial charge on any atom is 0.272 e. The predicted octanol–water partition coefficient (Wildman–Crippen LogP) is 3.99. The smallest absolute Gasteiger partial charge is 0.272 e. The monoisotopic (exact) mass is 360 g/mol. The number of furan rings is 1. The van der Waals surface area contributed by atoms with Crippen molar-refractivity contribution >= 4 is 46.0 Å². The van der Waals surface area contributed by atoms with Crippen molar-refractivity contribution < 1.29 is 14.1 Å². The van der Waals surface area contributed by atoms with Gasteiger partial charge in [-0.2, -0.15) is 0 Å². The Morgan fingerprint density at radius 1 is 1.33 bits per heavy atom. The highest BCUT2D eigenvalue weighted by atomic mass is 32.2. The summed E-state index contributed by atoms with van der Waals surface area (Å²) in [5.74, 6) is 0.940. The minimum atomic E-state index is -0.417. The Morgan fingerprint density at radius 3 is 2.67 bits per heavy atom. The molecule has 2 heterocycles. The zero-order valence-electron chi connectivity index (χ0n) is 12.8. The van der Waals surface area contributed by atoms with Crippen LogP contribution in [0.5, 0.6) is 0 Å². The fraction of sp³-hybridized carbons (Fsp3) is 0.125. The molecule has 1 aliphatic rings. The minimum Gasteiger partial charge on any atom is -0.457 e. The molecule has 1 saturated heterocycles. The Bertz CT molecular complexity index is 901. The first kappa shape index (κ1) is 16.4. The topological polar surface area (TPSA) is 76.6 Å². The van der Waals surface area contributed by atoms with Gasteiger partial charge in [-0.1, -0.05) is 24.0 Å². The van der Waals surface area contributed by atoms with Crippen LogP contribution in [0.2, 0.25) is 0 Å². The van der Waals surface area contributed by atoms with E-state index in [0.717, 1.165) is 5.56 Å². The fourth-order valence-corrected chi connectivity index (χ4v) is 3.43. The highest BCUT2D eigenvalue weighted by molar-refractivity contribution is 8.26. The highest BCUT2D eigenvalue weighted by Gasteiger charge is 2.29. The number of nitrogens with zero attached hydrogens (tertiary/aromatic N) is 2. The normalized spacial score (nSPS) is 16.2. The van der Waals surface area contributed by atoms with Crippen LogP contribution < -0.4 is 0 Å². The maximum atomic E-state index is 12.0. The first-order valence-corrected chi connectivity index (χ1v) is 8.16. The summed E-state index contributed by atoms with van der Waals surface area (Å²) < 4.78 is 6.24. The lowest BCUT2D eigenvalue weighted by Crippen LogP contribution is -2.22. The number of carbonyl (C=O) groups excluding carboxylic acids is 1. The summed E-state index contributed by atoms with van der Waals surface area (Å²) in [6, 6.07) is 8.30. The second kappa shape index (κ2) is 6.21. The Hall–Kier alpha value is -2.45. The van der Waals surface area contributed by atoms with Gasteiger partial charge in [-0.15, -0.1) is 0 Å². The van der Waals surface area contributed by atoms with Crippen molar-refractivity contribution in [2.45, 2.75) is 6.92 Å². The van der Waals surface area contributed by atoms with Gasteiger partial charge in [0.25, 0.3) is 11.6 Å². The molecule has 0 N–H and O–H groups in total. The molecule has 1 fully saturated rings. The van der Waals surface area contributed by atoms with Crippen molar-refractivity contribution in [1.82, 2.24) is 4.90 Å². The third-order valence-electron chi connectivity index (χ3n) is 3.56. The van der Waals surface area contributed by atoms with Gasteiger partial charge in [0.05, 0.1) is 9.83 Å². The molecule has 1 aliphatic heterocycles. The summed E-state index contributed by atoms with van der Waals surface area (Å²) in [4.78, 5) is 24.4. The van der Waals surface area contributed by atoms with E-state index in [1.807, 2.05) is 0 Å². The zero-order valence-corrected chi connectivity index (χ0v) is 14.4. The number of likely N-dealkylation sites (N-methyl/N-ethyl adjacent to an activating group) is 1. The number of hydrogen-bond donors (Lipinski definition) is 0. The molecule has 3 rings (SSSR count). The van der Waals surface area contributed by atoms with E-state index in [1.165, 1.54) is 22.7 Å². The Kier molecular flexibility index (Phi) is 4.25. The molecule has 0 unspecified atom stereocenters. The van der Waals surface area contributed by atoms with Crippen LogP contribution in [0.4, 0.5) is 5.69 Å². The van der Waals surface area contributed by atoms with E-state index in [4.69, 9.17) is 16.6 Å². The van der Waals surface area contributed by atoms with E-state index in [0.29, 0.717) is 26.3 Å². The Morgan fingerprint density at radius 2 is 2.08 bits per heavy atom. The van der Waals surface area contributed by atoms with Crippen molar-refractivity contribution in [3.05, 3.63) is 56.7 Å². The summed E-state index contributed by atoms with van der Waals surface area (Å²) in [5.41, 5.74) is 1.36. The third kappa shape index (κ3) is 2.98. The van der Waals surface area contributed by atoms with Gasteiger partial charge < -0.3 is 4.42 Å². The van der Waals surface area contributed by atoms with E-state index >= 15 is 0 Å². The molecule has 24 heavy (non-hydrogen) atoms. The minimum absolute atomic E-state index is 0.0668. The van der Waals surface area contributed by atoms with Gasteiger partial charge in [0.15, 0.2) is 0 Å². The van der Waals surface area contributed by atoms with Gasteiger partial charge in [0.2, 0.25) is 0 Å². The Balaban J connectivity index is 1.89. The molecular formula is C16H12N2O4S2. The summed E-state index contributed by atoms with van der Waals surface area (Å²) in [6.45, 7) is 1.68. The number of aryl methyl sites for hydroxylation is 1. The van der Waals surface area contributed by atoms with Crippen molar-refractivity contribution in [2.75, 3.05) is 7.05 Å². The summed E-state index contributed by atoms with van der Waals surface area (Å²) in [5, 5.41) is 10.9. The lowest BCUT2D eigenvalue weighted by molar-refractivity contribution is -0.385. The predicted molar refractivity (Wildman–Crippen MR) is 96.5 cm³/mol. The number of amides is 1. The second-order valence-electron chi connectivity index (χ2n) is 5.20. The highest BCUT2D eigenvalue weighted by Crippen LogP contribution is 2.33. The molecule has 0 aliphatic carbocycles. The largest absolute Gasteiger partial charge is 0.457 e. The molecule has 0 atom stereocenters. The number of thioether (sulfide) groups is 1. The number of thiocarbonyl (C=S) groups is 1. The molecule has 1 amide bonds. The van der Waals surface area contributed by atoms with Gasteiger partial charge >= 0.3 is 0 Å². The van der Waals surface area contributed by atoms with Gasteiger partial charge in [-0.05, 0) is 31.2 Å². The quantitative estimate of drug-likeness (QED) is 0.356. The standard InChI is InChI=1S/C16H12N2O4S2/c1-9-7-10(3-5-12(9)18(20)21)13-6-4-11(22-13)8-14-15(19)17(2)16(23)24-14/h3-8H,1-2H3/b14-8+. The van der Waals surface area contributed by atoms with Crippen LogP contribution >= 0.6 is 24.0 Å². The van der Waals surface area contributed by atoms with Gasteiger partial charge in [0, 0.05) is 30.3 Å². The van der Waals surface area contributed by atoms with Crippen molar-refractivity contribution in [3.63, 3.8) is 0 Å². The molecule has 0 saturated carbocycles. The van der Waals surface area contributed by atoms with E-state index < -0.39 is 4.92 Å². The van der Waals surface area contributed by atoms with Crippen LogP contribution in [-0.2, 0) is 4.79 Å². The third-order valence-corrected chi connectivity index (χ3v) is 5.05. The average molecular weight is 360 g/mol. The lowest BCUT2D eigenvalue weighted by atomic mass is 10.1. The van der Waals surface area contributed by atoms with Crippen LogP contribution in [0.3, 0.4) is 0 Å². The number of carbonyl (C=O) groups is 1. The molecule has 0 spiro atoms. The molecule has 2 aromatic rings. The van der Waals surface area contributed by atoms with E-state index in [-0.39, 0.29) is 11.6 Å². The van der Waals surface area contributed by atoms with Crippen LogP contribution in [0, 0.1) is 17.0 Å². The summed E-state index contributed by atoms with van der Waals surface area (Å²) in [6.07, 6.45) is 1.64. The molecule has 6 nitrogen and oxygen atoms in total. The molecule has 1 aromatic carbocycles. The number of hydrogen-bond acceptors (Lipinski definition) is 6. The molecule has 0 bridgehead atoms. The van der Waals surface area contributed by atoms with Gasteiger partial charge in [0.1, 0.15) is 15.8 Å². The molecule has 1 aromatic heterocycles. The Labute approximate surface area is 147 Å². The van der Waals surface area contributed by atoms with Gasteiger partial charge in [-0.25, -0.2) is 0 Å². The fourth-order valence-electron chi connectivity index (χ4n) is 2.27. The summed E-state index contributed by atoms with van der Waals surface area (Å²) in [7, 11) is 1.63. The van der Waals surface area contributed by atoms with Crippen molar-refractivity contribution in [2.24, 2.45) is 0 Å². The molecule has 0 radical (unpaired) electrons. The molecule has 8 heteroatoms. The number of rotatable bonds is 3. The molecular weight excluding hydrogens is 348 g/mol. The first-order valence-electron chi connectivity index (χ1n) is 6.93. The average Bonchev–Trinajstić information content (AvgIpc) is 3.09. The molecule has 122 valence electrons. The maximum absolute atomic E-state index is 12.0.